The molecule has 2 aromatic heterocycles. The first kappa shape index (κ1) is 16.5. The molecule has 0 spiro atoms. The Morgan fingerprint density at radius 3 is 2.67 bits per heavy atom. The van der Waals surface area contributed by atoms with Gasteiger partial charge in [-0.2, -0.15) is 5.10 Å². The van der Waals surface area contributed by atoms with Crippen LogP contribution < -0.4 is 0 Å². The first-order valence-corrected chi connectivity index (χ1v) is 8.55. The molecule has 5 nitrogen and oxygen atoms in total. The predicted octanol–water partition coefficient (Wildman–Crippen LogP) is 3.77. The summed E-state index contributed by atoms with van der Waals surface area (Å²) in [6, 6.07) is 12.3. The summed E-state index contributed by atoms with van der Waals surface area (Å²) in [4.78, 5) is 10.1. The zero-order valence-corrected chi connectivity index (χ0v) is 14.4. The van der Waals surface area contributed by atoms with Crippen LogP contribution in [0.4, 0.5) is 0 Å². The second-order valence-electron chi connectivity index (χ2n) is 6.28. The van der Waals surface area contributed by atoms with Crippen molar-refractivity contribution in [2.75, 3.05) is 7.05 Å². The Kier molecular flexibility index (Phi) is 5.43. The van der Waals surface area contributed by atoms with E-state index in [4.69, 9.17) is 0 Å². The van der Waals surface area contributed by atoms with E-state index >= 15 is 0 Å². The fourth-order valence-electron chi connectivity index (χ4n) is 2.79. The molecule has 0 aliphatic carbocycles. The van der Waals surface area contributed by atoms with Gasteiger partial charge in [-0.25, -0.2) is 4.98 Å². The highest BCUT2D eigenvalue weighted by molar-refractivity contribution is 5.58. The van der Waals surface area contributed by atoms with Gasteiger partial charge in [0.15, 0.2) is 0 Å². The molecule has 126 valence electrons. The van der Waals surface area contributed by atoms with Gasteiger partial charge in [0.05, 0.1) is 5.69 Å². The van der Waals surface area contributed by atoms with Gasteiger partial charge >= 0.3 is 0 Å². The van der Waals surface area contributed by atoms with Gasteiger partial charge in [0.1, 0.15) is 5.82 Å². The topological polar surface area (TPSA) is 60.6 Å². The highest BCUT2D eigenvalue weighted by Gasteiger charge is 2.08. The van der Waals surface area contributed by atoms with Crippen LogP contribution in [0.1, 0.15) is 37.0 Å². The van der Waals surface area contributed by atoms with Gasteiger partial charge in [-0.05, 0) is 19.5 Å². The SMILES string of the molecule is CCCCc1ncc(CN(C)Cc2cc(-c3ccccc3)n[nH]2)[nH]1. The summed E-state index contributed by atoms with van der Waals surface area (Å²) in [5.74, 6) is 1.09. The molecule has 2 N–H and O–H groups in total. The number of aromatic nitrogens is 4. The number of H-pyrrole nitrogens is 2. The van der Waals surface area contributed by atoms with Crippen LogP contribution in [0, 0.1) is 0 Å². The molecule has 0 radical (unpaired) electrons. The van der Waals surface area contributed by atoms with E-state index in [0.29, 0.717) is 0 Å². The number of nitrogens with zero attached hydrogens (tertiary/aromatic N) is 3. The lowest BCUT2D eigenvalue weighted by Gasteiger charge is -2.13. The summed E-state index contributed by atoms with van der Waals surface area (Å²) in [5, 5.41) is 7.55. The van der Waals surface area contributed by atoms with Gasteiger partial charge in [-0.3, -0.25) is 10.00 Å². The van der Waals surface area contributed by atoms with Gasteiger partial charge in [-0.15, -0.1) is 0 Å². The lowest BCUT2D eigenvalue weighted by molar-refractivity contribution is 0.311. The molecule has 0 aliphatic rings. The molecule has 0 amide bonds. The van der Waals surface area contributed by atoms with E-state index in [9.17, 15) is 0 Å². The van der Waals surface area contributed by atoms with Crippen LogP contribution in [0.25, 0.3) is 11.3 Å². The van der Waals surface area contributed by atoms with Crippen molar-refractivity contribution < 1.29 is 0 Å². The molecular weight excluding hydrogens is 298 g/mol. The van der Waals surface area contributed by atoms with E-state index in [-0.39, 0.29) is 0 Å². The van der Waals surface area contributed by atoms with Crippen molar-refractivity contribution in [2.45, 2.75) is 39.3 Å². The average Bonchev–Trinajstić information content (AvgIpc) is 3.23. The van der Waals surface area contributed by atoms with Crippen LogP contribution in [-0.4, -0.2) is 32.1 Å². The fourth-order valence-corrected chi connectivity index (χ4v) is 2.79. The number of imidazole rings is 1. The number of benzene rings is 1. The largest absolute Gasteiger partial charge is 0.345 e. The molecule has 0 saturated heterocycles. The van der Waals surface area contributed by atoms with E-state index in [2.05, 4.69) is 57.2 Å². The van der Waals surface area contributed by atoms with Crippen molar-refractivity contribution in [2.24, 2.45) is 0 Å². The zero-order chi connectivity index (χ0) is 16.8. The summed E-state index contributed by atoms with van der Waals surface area (Å²) < 4.78 is 0. The second-order valence-corrected chi connectivity index (χ2v) is 6.28. The maximum atomic E-state index is 4.46. The molecule has 0 aliphatic heterocycles. The Bertz CT molecular complexity index is 744. The van der Waals surface area contributed by atoms with E-state index in [1.165, 1.54) is 12.8 Å². The van der Waals surface area contributed by atoms with E-state index in [1.807, 2.05) is 24.4 Å². The molecule has 3 rings (SSSR count). The van der Waals surface area contributed by atoms with Gasteiger partial charge in [0, 0.05) is 42.7 Å². The molecule has 0 atom stereocenters. The summed E-state index contributed by atoms with van der Waals surface area (Å²) >= 11 is 0. The second kappa shape index (κ2) is 7.93. The van der Waals surface area contributed by atoms with Gasteiger partial charge < -0.3 is 4.98 Å². The molecular formula is C19H25N5. The molecule has 3 aromatic rings. The third-order valence-corrected chi connectivity index (χ3v) is 4.03. The Labute approximate surface area is 143 Å². The van der Waals surface area contributed by atoms with Crippen LogP contribution in [0.3, 0.4) is 0 Å². The lowest BCUT2D eigenvalue weighted by atomic mass is 10.1. The summed E-state index contributed by atoms with van der Waals surface area (Å²) in [6.07, 6.45) is 5.35. The molecule has 0 fully saturated rings. The fraction of sp³-hybridized carbons (Fsp3) is 0.368. The summed E-state index contributed by atoms with van der Waals surface area (Å²) in [6.45, 7) is 3.87. The van der Waals surface area contributed by atoms with Crippen LogP contribution in [0.2, 0.25) is 0 Å². The van der Waals surface area contributed by atoms with Crippen molar-refractivity contribution >= 4 is 0 Å². The lowest BCUT2D eigenvalue weighted by Crippen LogP contribution is -2.17. The number of nitrogens with one attached hydrogen (secondary N) is 2. The van der Waals surface area contributed by atoms with Gasteiger partial charge in [-0.1, -0.05) is 43.7 Å². The number of rotatable bonds is 8. The minimum absolute atomic E-state index is 0.823. The van der Waals surface area contributed by atoms with E-state index in [1.54, 1.807) is 0 Å². The monoisotopic (exact) mass is 323 g/mol. The average molecular weight is 323 g/mol. The smallest absolute Gasteiger partial charge is 0.106 e. The summed E-state index contributed by atoms with van der Waals surface area (Å²) in [7, 11) is 2.11. The minimum Gasteiger partial charge on any atom is -0.345 e. The minimum atomic E-state index is 0.823. The maximum Gasteiger partial charge on any atom is 0.106 e. The molecule has 24 heavy (non-hydrogen) atoms. The molecule has 0 unspecified atom stereocenters. The van der Waals surface area contributed by atoms with E-state index < -0.39 is 0 Å². The van der Waals surface area contributed by atoms with Crippen molar-refractivity contribution in [3.8, 4) is 11.3 Å². The number of unbranched alkanes of at least 4 members (excludes halogenated alkanes) is 1. The molecule has 5 heteroatoms. The predicted molar refractivity (Wildman–Crippen MR) is 96.4 cm³/mol. The number of hydrogen-bond acceptors (Lipinski definition) is 3. The highest BCUT2D eigenvalue weighted by Crippen LogP contribution is 2.17. The normalized spacial score (nSPS) is 11.3. The molecule has 0 saturated carbocycles. The van der Waals surface area contributed by atoms with Crippen LogP contribution in [0.5, 0.6) is 0 Å². The Balaban J connectivity index is 1.56. The Morgan fingerprint density at radius 1 is 1.08 bits per heavy atom. The quantitative estimate of drug-likeness (QED) is 0.663. The molecule has 2 heterocycles. The third kappa shape index (κ3) is 4.32. The number of aryl methyl sites for hydroxylation is 1. The third-order valence-electron chi connectivity index (χ3n) is 4.03. The number of aromatic amines is 2. The van der Waals surface area contributed by atoms with Gasteiger partial charge in [0.25, 0.3) is 0 Å². The zero-order valence-electron chi connectivity index (χ0n) is 14.4. The molecule has 0 bridgehead atoms. The molecule has 1 aromatic carbocycles. The van der Waals surface area contributed by atoms with Crippen molar-refractivity contribution in [3.63, 3.8) is 0 Å². The number of hydrogen-bond donors (Lipinski definition) is 2. The Morgan fingerprint density at radius 2 is 1.88 bits per heavy atom. The van der Waals surface area contributed by atoms with E-state index in [0.717, 1.165) is 48.0 Å². The van der Waals surface area contributed by atoms with Crippen molar-refractivity contribution in [3.05, 3.63) is 59.8 Å². The maximum absolute atomic E-state index is 4.46. The standard InChI is InChI=1S/C19H25N5/c1-3-4-10-19-20-12-17(21-19)14-24(2)13-16-11-18(23-22-16)15-8-6-5-7-9-15/h5-9,11-12H,3-4,10,13-14H2,1-2H3,(H,20,21)(H,22,23). The van der Waals surface area contributed by atoms with Crippen molar-refractivity contribution in [1.82, 2.24) is 25.1 Å². The first-order valence-electron chi connectivity index (χ1n) is 8.55. The van der Waals surface area contributed by atoms with Crippen molar-refractivity contribution in [1.29, 1.82) is 0 Å². The van der Waals surface area contributed by atoms with Gasteiger partial charge in [0.2, 0.25) is 0 Å². The summed E-state index contributed by atoms with van der Waals surface area (Å²) in [5.41, 5.74) is 4.40. The van der Waals surface area contributed by atoms with Crippen LogP contribution in [-0.2, 0) is 19.5 Å². The highest BCUT2D eigenvalue weighted by atomic mass is 15.2. The Hall–Kier alpha value is -2.40. The van der Waals surface area contributed by atoms with Crippen LogP contribution in [0.15, 0.2) is 42.6 Å². The van der Waals surface area contributed by atoms with Crippen LogP contribution >= 0.6 is 0 Å². The first-order chi connectivity index (χ1) is 11.7.